The molecule has 4 nitrogen and oxygen atoms in total. The minimum Gasteiger partial charge on any atom is -0.449 e. The lowest BCUT2D eigenvalue weighted by molar-refractivity contribution is 0.0711. The molecule has 2 N–H and O–H groups in total. The Bertz CT molecular complexity index is 623. The van der Waals surface area contributed by atoms with Crippen molar-refractivity contribution < 1.29 is 9.21 Å². The van der Waals surface area contributed by atoms with E-state index in [1.54, 1.807) is 17.0 Å². The molecule has 1 atom stereocenters. The second kappa shape index (κ2) is 4.87. The van der Waals surface area contributed by atoms with E-state index < -0.39 is 0 Å². The highest BCUT2D eigenvalue weighted by atomic mass is 35.5. The molecule has 5 heteroatoms. The van der Waals surface area contributed by atoms with Crippen molar-refractivity contribution in [2.24, 2.45) is 5.73 Å². The molecule has 2 aromatic rings. The van der Waals surface area contributed by atoms with Crippen LogP contribution in [-0.2, 0) is 0 Å². The molecule has 3 rings (SSSR count). The lowest BCUT2D eigenvalue weighted by atomic mass is 10.2. The van der Waals surface area contributed by atoms with Gasteiger partial charge in [-0.2, -0.15) is 0 Å². The number of rotatable bonds is 2. The average molecular weight is 279 g/mol. The van der Waals surface area contributed by atoms with Crippen LogP contribution in [0.4, 0.5) is 0 Å². The van der Waals surface area contributed by atoms with Gasteiger partial charge in [0.2, 0.25) is 0 Å². The highest BCUT2D eigenvalue weighted by Crippen LogP contribution is 2.28. The van der Waals surface area contributed by atoms with Gasteiger partial charge in [-0.05, 0) is 25.0 Å². The van der Waals surface area contributed by atoms with E-state index in [4.69, 9.17) is 21.8 Å². The van der Waals surface area contributed by atoms with E-state index >= 15 is 0 Å². The summed E-state index contributed by atoms with van der Waals surface area (Å²) >= 11 is 6.05. The zero-order chi connectivity index (χ0) is 13.4. The van der Waals surface area contributed by atoms with Crippen LogP contribution >= 0.6 is 11.6 Å². The van der Waals surface area contributed by atoms with Gasteiger partial charge in [-0.1, -0.05) is 23.7 Å². The van der Waals surface area contributed by atoms with Gasteiger partial charge < -0.3 is 15.1 Å². The van der Waals surface area contributed by atoms with Crippen LogP contribution < -0.4 is 5.73 Å². The molecule has 0 radical (unpaired) electrons. The number of hydrogen-bond donors (Lipinski definition) is 1. The van der Waals surface area contributed by atoms with Crippen molar-refractivity contribution in [2.45, 2.75) is 18.9 Å². The number of amides is 1. The molecule has 0 unspecified atom stereocenters. The number of carbonyl (C=O) groups excluding carboxylic acids is 1. The lowest BCUT2D eigenvalue weighted by Crippen LogP contribution is -2.39. The van der Waals surface area contributed by atoms with Crippen LogP contribution in [0.2, 0.25) is 5.02 Å². The summed E-state index contributed by atoms with van der Waals surface area (Å²) in [6, 6.07) is 7.34. The van der Waals surface area contributed by atoms with Crippen molar-refractivity contribution in [1.29, 1.82) is 0 Å². The monoisotopic (exact) mass is 278 g/mol. The summed E-state index contributed by atoms with van der Waals surface area (Å²) in [5.41, 5.74) is 6.26. The number of likely N-dealkylation sites (tertiary alicyclic amines) is 1. The standard InChI is InChI=1S/C14H15ClN2O2/c15-11-5-1-3-9-7-12(19-13(9)11)14(18)17-6-2-4-10(17)8-16/h1,3,5,7,10H,2,4,6,8,16H2/t10-/m0/s1. The second-order valence-corrected chi connectivity index (χ2v) is 5.21. The Morgan fingerprint density at radius 3 is 3.11 bits per heavy atom. The molecule has 1 fully saturated rings. The molecule has 2 heterocycles. The molecular weight excluding hydrogens is 264 g/mol. The number of nitrogens with two attached hydrogens (primary N) is 1. The summed E-state index contributed by atoms with van der Waals surface area (Å²) in [5.74, 6) is 0.240. The first-order chi connectivity index (χ1) is 9.20. The van der Waals surface area contributed by atoms with Gasteiger partial charge in [-0.3, -0.25) is 4.79 Å². The predicted molar refractivity (Wildman–Crippen MR) is 74.3 cm³/mol. The Morgan fingerprint density at radius 2 is 2.37 bits per heavy atom. The Hall–Kier alpha value is -1.52. The summed E-state index contributed by atoms with van der Waals surface area (Å²) in [5, 5.41) is 1.37. The van der Waals surface area contributed by atoms with E-state index in [0.717, 1.165) is 24.8 Å². The normalized spacial score (nSPS) is 19.3. The van der Waals surface area contributed by atoms with Crippen LogP contribution in [0.15, 0.2) is 28.7 Å². The summed E-state index contributed by atoms with van der Waals surface area (Å²) in [4.78, 5) is 14.2. The van der Waals surface area contributed by atoms with Crippen LogP contribution in [0.25, 0.3) is 11.0 Å². The fraction of sp³-hybridized carbons (Fsp3) is 0.357. The summed E-state index contributed by atoms with van der Waals surface area (Å²) in [6.07, 6.45) is 1.96. The highest BCUT2D eigenvalue weighted by Gasteiger charge is 2.30. The van der Waals surface area contributed by atoms with E-state index in [9.17, 15) is 4.79 Å². The topological polar surface area (TPSA) is 59.5 Å². The number of para-hydroxylation sites is 1. The minimum atomic E-state index is -0.0970. The molecule has 0 bridgehead atoms. The van der Waals surface area contributed by atoms with Crippen LogP contribution in [0.5, 0.6) is 0 Å². The zero-order valence-electron chi connectivity index (χ0n) is 10.4. The van der Waals surface area contributed by atoms with Gasteiger partial charge in [0.15, 0.2) is 11.3 Å². The summed E-state index contributed by atoms with van der Waals surface area (Å²) in [6.45, 7) is 1.23. The van der Waals surface area contributed by atoms with Crippen LogP contribution in [0.1, 0.15) is 23.4 Å². The number of hydrogen-bond acceptors (Lipinski definition) is 3. The van der Waals surface area contributed by atoms with Crippen molar-refractivity contribution in [3.63, 3.8) is 0 Å². The third kappa shape index (κ3) is 2.11. The maximum Gasteiger partial charge on any atom is 0.289 e. The van der Waals surface area contributed by atoms with Gasteiger partial charge >= 0.3 is 0 Å². The molecule has 0 spiro atoms. The molecule has 1 saturated heterocycles. The molecule has 0 saturated carbocycles. The second-order valence-electron chi connectivity index (χ2n) is 4.80. The molecule has 1 aromatic carbocycles. The van der Waals surface area contributed by atoms with Gasteiger partial charge in [0.25, 0.3) is 5.91 Å². The van der Waals surface area contributed by atoms with Gasteiger partial charge in [0, 0.05) is 24.5 Å². The third-order valence-electron chi connectivity index (χ3n) is 3.62. The SMILES string of the molecule is NC[C@@H]1CCCN1C(=O)c1cc2cccc(Cl)c2o1. The Balaban J connectivity index is 1.95. The molecule has 1 aliphatic heterocycles. The smallest absolute Gasteiger partial charge is 0.289 e. The lowest BCUT2D eigenvalue weighted by Gasteiger charge is -2.22. The van der Waals surface area contributed by atoms with Crippen molar-refractivity contribution in [2.75, 3.05) is 13.1 Å². The fourth-order valence-corrected chi connectivity index (χ4v) is 2.84. The fourth-order valence-electron chi connectivity index (χ4n) is 2.62. The van der Waals surface area contributed by atoms with Crippen molar-refractivity contribution in [3.8, 4) is 0 Å². The molecule has 1 aromatic heterocycles. The first-order valence-electron chi connectivity index (χ1n) is 6.40. The molecule has 100 valence electrons. The molecule has 1 amide bonds. The summed E-state index contributed by atoms with van der Waals surface area (Å²) in [7, 11) is 0. The number of fused-ring (bicyclic) bond motifs is 1. The predicted octanol–water partition coefficient (Wildman–Crippen LogP) is 2.65. The quantitative estimate of drug-likeness (QED) is 0.919. The van der Waals surface area contributed by atoms with Gasteiger partial charge in [-0.15, -0.1) is 0 Å². The Morgan fingerprint density at radius 1 is 1.53 bits per heavy atom. The van der Waals surface area contributed by atoms with Gasteiger partial charge in [0.05, 0.1) is 5.02 Å². The number of halogens is 1. The maximum atomic E-state index is 12.4. The number of carbonyl (C=O) groups is 1. The largest absolute Gasteiger partial charge is 0.449 e. The van der Waals surface area contributed by atoms with E-state index in [0.29, 0.717) is 22.9 Å². The van der Waals surface area contributed by atoms with Crippen molar-refractivity contribution >= 4 is 28.5 Å². The molecule has 0 aliphatic carbocycles. The van der Waals surface area contributed by atoms with E-state index in [2.05, 4.69) is 0 Å². The van der Waals surface area contributed by atoms with Gasteiger partial charge in [-0.25, -0.2) is 0 Å². The number of furan rings is 1. The third-order valence-corrected chi connectivity index (χ3v) is 3.91. The average Bonchev–Trinajstić information content (AvgIpc) is 3.04. The minimum absolute atomic E-state index is 0.0970. The summed E-state index contributed by atoms with van der Waals surface area (Å²) < 4.78 is 5.60. The van der Waals surface area contributed by atoms with Crippen LogP contribution in [-0.4, -0.2) is 29.9 Å². The number of nitrogens with zero attached hydrogens (tertiary/aromatic N) is 1. The molecule has 1 aliphatic rings. The highest BCUT2D eigenvalue weighted by molar-refractivity contribution is 6.34. The van der Waals surface area contributed by atoms with Crippen LogP contribution in [0, 0.1) is 0 Å². The van der Waals surface area contributed by atoms with Crippen molar-refractivity contribution in [3.05, 3.63) is 35.0 Å². The van der Waals surface area contributed by atoms with Gasteiger partial charge in [0.1, 0.15) is 0 Å². The Kier molecular flexibility index (Phi) is 3.21. The first-order valence-corrected chi connectivity index (χ1v) is 6.77. The van der Waals surface area contributed by atoms with E-state index in [1.165, 1.54) is 0 Å². The number of benzene rings is 1. The zero-order valence-corrected chi connectivity index (χ0v) is 11.2. The van der Waals surface area contributed by atoms with Crippen molar-refractivity contribution in [1.82, 2.24) is 4.90 Å². The molecule has 19 heavy (non-hydrogen) atoms. The molecular formula is C14H15ClN2O2. The van der Waals surface area contributed by atoms with Crippen LogP contribution in [0.3, 0.4) is 0 Å². The maximum absolute atomic E-state index is 12.4. The first kappa shape index (κ1) is 12.5. The van der Waals surface area contributed by atoms with E-state index in [1.807, 2.05) is 12.1 Å². The van der Waals surface area contributed by atoms with E-state index in [-0.39, 0.29) is 11.9 Å². The Labute approximate surface area is 116 Å².